The zero-order chi connectivity index (χ0) is 7.61. The van der Waals surface area contributed by atoms with Crippen molar-refractivity contribution in [1.82, 2.24) is 0 Å². The highest BCUT2D eigenvalue weighted by Crippen LogP contribution is 2.14. The van der Waals surface area contributed by atoms with Crippen molar-refractivity contribution >= 4 is 0 Å². The Kier molecular flexibility index (Phi) is 1.98. The first-order valence-electron chi connectivity index (χ1n) is 3.37. The van der Waals surface area contributed by atoms with Crippen molar-refractivity contribution in [3.05, 3.63) is 0 Å². The second-order valence-corrected chi connectivity index (χ2v) is 2.92. The summed E-state index contributed by atoms with van der Waals surface area (Å²) < 4.78 is 10.3. The van der Waals surface area contributed by atoms with E-state index in [-0.39, 0.29) is 0 Å². The zero-order valence-corrected chi connectivity index (χ0v) is 6.39. The molecule has 1 heterocycles. The molecule has 0 radical (unpaired) electrons. The van der Waals surface area contributed by atoms with Gasteiger partial charge in [-0.3, -0.25) is 0 Å². The molecule has 2 heteroatoms. The highest BCUT2D eigenvalue weighted by Gasteiger charge is 2.25. The average Bonchev–Trinajstić information content (AvgIpc) is 2.66. The predicted octanol–water partition coefficient (Wildman–Crippen LogP) is 0.814. The van der Waals surface area contributed by atoms with E-state index < -0.39 is 5.60 Å². The quantitative estimate of drug-likeness (QED) is 0.427. The summed E-state index contributed by atoms with van der Waals surface area (Å²) >= 11 is 0. The van der Waals surface area contributed by atoms with E-state index in [9.17, 15) is 0 Å². The van der Waals surface area contributed by atoms with Crippen LogP contribution >= 0.6 is 0 Å². The van der Waals surface area contributed by atoms with Gasteiger partial charge >= 0.3 is 0 Å². The molecule has 0 spiro atoms. The zero-order valence-electron chi connectivity index (χ0n) is 6.39. The summed E-state index contributed by atoms with van der Waals surface area (Å²) in [5, 5.41) is 0. The third-order valence-electron chi connectivity index (χ3n) is 1.38. The molecule has 2 nitrogen and oxygen atoms in total. The van der Waals surface area contributed by atoms with Gasteiger partial charge in [-0.1, -0.05) is 5.92 Å². The maximum absolute atomic E-state index is 5.34. The monoisotopic (exact) mass is 140 g/mol. The molecule has 0 aromatic carbocycles. The molecule has 1 fully saturated rings. The summed E-state index contributed by atoms with van der Waals surface area (Å²) in [5.74, 6) is 2.55. The lowest BCUT2D eigenvalue weighted by molar-refractivity contribution is 0.0179. The summed E-state index contributed by atoms with van der Waals surface area (Å²) in [6, 6.07) is 0. The molecule has 0 aromatic rings. The van der Waals surface area contributed by atoms with Gasteiger partial charge in [0.25, 0.3) is 0 Å². The standard InChI is InChI=1S/C8H12O2/c1-4-8(2,3)10-6-7-5-9-7/h1,7H,5-6H2,2-3H3/t7-/m0/s1. The minimum atomic E-state index is -0.439. The van der Waals surface area contributed by atoms with Crippen molar-refractivity contribution in [3.63, 3.8) is 0 Å². The molecule has 1 aliphatic rings. The van der Waals surface area contributed by atoms with Gasteiger partial charge in [0.05, 0.1) is 13.2 Å². The van der Waals surface area contributed by atoms with Crippen LogP contribution in [0, 0.1) is 12.3 Å². The van der Waals surface area contributed by atoms with E-state index in [0.717, 1.165) is 6.61 Å². The Balaban J connectivity index is 2.17. The summed E-state index contributed by atoms with van der Waals surface area (Å²) in [6.07, 6.45) is 5.50. The van der Waals surface area contributed by atoms with Crippen molar-refractivity contribution in [2.45, 2.75) is 25.6 Å². The van der Waals surface area contributed by atoms with Gasteiger partial charge in [0, 0.05) is 0 Å². The van der Waals surface area contributed by atoms with Gasteiger partial charge in [0.2, 0.25) is 0 Å². The minimum absolute atomic E-state index is 0.299. The largest absolute Gasteiger partial charge is 0.371 e. The Morgan fingerprint density at radius 3 is 2.80 bits per heavy atom. The Hall–Kier alpha value is -0.520. The fraction of sp³-hybridized carbons (Fsp3) is 0.750. The molecule has 1 aliphatic heterocycles. The highest BCUT2D eigenvalue weighted by molar-refractivity contribution is 5.03. The predicted molar refractivity (Wildman–Crippen MR) is 38.6 cm³/mol. The Morgan fingerprint density at radius 1 is 1.80 bits per heavy atom. The number of ether oxygens (including phenoxy) is 2. The summed E-state index contributed by atoms with van der Waals surface area (Å²) in [4.78, 5) is 0. The summed E-state index contributed by atoms with van der Waals surface area (Å²) in [7, 11) is 0. The average molecular weight is 140 g/mol. The lowest BCUT2D eigenvalue weighted by atomic mass is 10.1. The summed E-state index contributed by atoms with van der Waals surface area (Å²) in [5.41, 5.74) is -0.439. The number of hydrogen-bond acceptors (Lipinski definition) is 2. The van der Waals surface area contributed by atoms with Crippen LogP contribution in [0.4, 0.5) is 0 Å². The van der Waals surface area contributed by atoms with Crippen LogP contribution in [0.25, 0.3) is 0 Å². The van der Waals surface area contributed by atoms with Crippen molar-refractivity contribution in [1.29, 1.82) is 0 Å². The van der Waals surface area contributed by atoms with Gasteiger partial charge in [-0.15, -0.1) is 6.42 Å². The molecular weight excluding hydrogens is 128 g/mol. The second-order valence-electron chi connectivity index (χ2n) is 2.92. The van der Waals surface area contributed by atoms with Gasteiger partial charge in [-0.05, 0) is 13.8 Å². The first kappa shape index (κ1) is 7.59. The van der Waals surface area contributed by atoms with Crippen molar-refractivity contribution < 1.29 is 9.47 Å². The number of epoxide rings is 1. The molecule has 1 rings (SSSR count). The normalized spacial score (nSPS) is 23.9. The van der Waals surface area contributed by atoms with E-state index in [1.807, 2.05) is 13.8 Å². The maximum Gasteiger partial charge on any atom is 0.122 e. The van der Waals surface area contributed by atoms with Gasteiger partial charge in [-0.25, -0.2) is 0 Å². The van der Waals surface area contributed by atoms with Gasteiger partial charge < -0.3 is 9.47 Å². The third kappa shape index (κ3) is 2.38. The third-order valence-corrected chi connectivity index (χ3v) is 1.38. The Labute approximate surface area is 61.5 Å². The first-order chi connectivity index (χ1) is 4.64. The van der Waals surface area contributed by atoms with Gasteiger partial charge in [-0.2, -0.15) is 0 Å². The molecule has 56 valence electrons. The van der Waals surface area contributed by atoms with Crippen LogP contribution in [0.5, 0.6) is 0 Å². The molecule has 0 amide bonds. The molecule has 0 unspecified atom stereocenters. The van der Waals surface area contributed by atoms with E-state index in [4.69, 9.17) is 15.9 Å². The van der Waals surface area contributed by atoms with Crippen molar-refractivity contribution in [3.8, 4) is 12.3 Å². The van der Waals surface area contributed by atoms with Crippen LogP contribution in [0.3, 0.4) is 0 Å². The van der Waals surface area contributed by atoms with E-state index >= 15 is 0 Å². The molecule has 0 saturated carbocycles. The van der Waals surface area contributed by atoms with Crippen LogP contribution in [0.1, 0.15) is 13.8 Å². The summed E-state index contributed by atoms with van der Waals surface area (Å²) in [6.45, 7) is 5.18. The van der Waals surface area contributed by atoms with E-state index in [1.54, 1.807) is 0 Å². The molecule has 1 saturated heterocycles. The number of terminal acetylenes is 1. The SMILES string of the molecule is C#CC(C)(C)OC[C@@H]1CO1. The highest BCUT2D eigenvalue weighted by atomic mass is 16.6. The first-order valence-corrected chi connectivity index (χ1v) is 3.37. The van der Waals surface area contributed by atoms with Crippen LogP contribution in [-0.2, 0) is 9.47 Å². The Morgan fingerprint density at radius 2 is 2.40 bits per heavy atom. The van der Waals surface area contributed by atoms with Gasteiger partial charge in [0.15, 0.2) is 0 Å². The minimum Gasteiger partial charge on any atom is -0.371 e. The molecule has 0 aliphatic carbocycles. The van der Waals surface area contributed by atoms with Crippen LogP contribution in [-0.4, -0.2) is 24.9 Å². The van der Waals surface area contributed by atoms with Crippen molar-refractivity contribution in [2.24, 2.45) is 0 Å². The number of rotatable bonds is 3. The van der Waals surface area contributed by atoms with Gasteiger partial charge in [0.1, 0.15) is 11.7 Å². The van der Waals surface area contributed by atoms with E-state index in [2.05, 4.69) is 5.92 Å². The van der Waals surface area contributed by atoms with Crippen LogP contribution < -0.4 is 0 Å². The van der Waals surface area contributed by atoms with Crippen LogP contribution in [0.2, 0.25) is 0 Å². The molecule has 10 heavy (non-hydrogen) atoms. The molecule has 0 N–H and O–H groups in total. The van der Waals surface area contributed by atoms with E-state index in [0.29, 0.717) is 12.7 Å². The second kappa shape index (κ2) is 2.61. The smallest absolute Gasteiger partial charge is 0.122 e. The maximum atomic E-state index is 5.34. The lowest BCUT2D eigenvalue weighted by Gasteiger charge is -2.17. The fourth-order valence-electron chi connectivity index (χ4n) is 0.507. The topological polar surface area (TPSA) is 21.8 Å². The van der Waals surface area contributed by atoms with Crippen LogP contribution in [0.15, 0.2) is 0 Å². The Bertz CT molecular complexity index is 151. The fourth-order valence-corrected chi connectivity index (χ4v) is 0.507. The molecular formula is C8H12O2. The van der Waals surface area contributed by atoms with Crippen molar-refractivity contribution in [2.75, 3.05) is 13.2 Å². The molecule has 0 aromatic heterocycles. The van der Waals surface area contributed by atoms with E-state index in [1.165, 1.54) is 0 Å². The number of hydrogen-bond donors (Lipinski definition) is 0. The molecule has 1 atom stereocenters. The lowest BCUT2D eigenvalue weighted by Crippen LogP contribution is -2.23. The molecule has 0 bridgehead atoms.